The lowest BCUT2D eigenvalue weighted by Gasteiger charge is -2.23. The molecule has 0 spiro atoms. The number of rotatable bonds is 3. The molecule has 0 aromatic heterocycles. The summed E-state index contributed by atoms with van der Waals surface area (Å²) < 4.78 is 44.6. The molecule has 9 heteroatoms. The van der Waals surface area contributed by atoms with E-state index in [-0.39, 0.29) is 12.2 Å². The summed E-state index contributed by atoms with van der Waals surface area (Å²) in [7, 11) is 0. The van der Waals surface area contributed by atoms with Crippen LogP contribution in [0.2, 0.25) is 0 Å². The Labute approximate surface area is 146 Å². The van der Waals surface area contributed by atoms with Crippen molar-refractivity contribution in [2.24, 2.45) is 10.2 Å². The summed E-state index contributed by atoms with van der Waals surface area (Å²) in [6, 6.07) is 16.5. The van der Waals surface area contributed by atoms with E-state index >= 15 is 0 Å². The minimum absolute atomic E-state index is 0.0517. The molecule has 0 saturated heterocycles. The van der Waals surface area contributed by atoms with Gasteiger partial charge in [0.2, 0.25) is 0 Å². The van der Waals surface area contributed by atoms with Gasteiger partial charge in [0.1, 0.15) is 12.3 Å². The molecule has 3 rings (SSSR count). The van der Waals surface area contributed by atoms with E-state index in [1.54, 1.807) is 48.5 Å². The van der Waals surface area contributed by atoms with Crippen LogP contribution in [0.5, 0.6) is 0 Å². The van der Waals surface area contributed by atoms with E-state index in [0.717, 1.165) is 5.56 Å². The van der Waals surface area contributed by atoms with Gasteiger partial charge in [-0.2, -0.15) is 23.8 Å². The summed E-state index contributed by atoms with van der Waals surface area (Å²) in [5.74, 6) is 0. The largest absolute Gasteiger partial charge is 0.452 e. The lowest BCUT2D eigenvalue weighted by molar-refractivity contribution is -0.0582. The van der Waals surface area contributed by atoms with Gasteiger partial charge in [0, 0.05) is 5.56 Å². The Balaban J connectivity index is 1.80. The van der Waals surface area contributed by atoms with Crippen LogP contribution in [0, 0.1) is 0 Å². The summed E-state index contributed by atoms with van der Waals surface area (Å²) in [4.78, 5) is 12.1. The molecule has 0 fully saturated rings. The van der Waals surface area contributed by atoms with E-state index in [0.29, 0.717) is 5.12 Å². The molecule has 0 radical (unpaired) electrons. The van der Waals surface area contributed by atoms with E-state index in [1.807, 2.05) is 5.53 Å². The van der Waals surface area contributed by atoms with Gasteiger partial charge < -0.3 is 4.74 Å². The first kappa shape index (κ1) is 17.5. The van der Waals surface area contributed by atoms with Crippen molar-refractivity contribution in [1.82, 2.24) is 10.7 Å². The van der Waals surface area contributed by atoms with Crippen LogP contribution in [0.1, 0.15) is 11.1 Å². The van der Waals surface area contributed by atoms with Crippen molar-refractivity contribution >= 4 is 17.5 Å². The van der Waals surface area contributed by atoms with Crippen molar-refractivity contribution < 1.29 is 22.7 Å². The molecule has 2 aromatic carbocycles. The molecular weight excluding hydrogens is 349 g/mol. The van der Waals surface area contributed by atoms with Crippen LogP contribution in [0.4, 0.5) is 18.0 Å². The molecule has 1 heterocycles. The van der Waals surface area contributed by atoms with Crippen LogP contribution in [0.15, 0.2) is 70.9 Å². The Kier molecular flexibility index (Phi) is 4.87. The molecule has 2 aromatic rings. The number of hydrogen-bond donors (Lipinski definition) is 1. The molecule has 0 atom stereocenters. The maximum absolute atomic E-state index is 13.2. The summed E-state index contributed by atoms with van der Waals surface area (Å²) in [5.41, 5.74) is 1.15. The summed E-state index contributed by atoms with van der Waals surface area (Å²) >= 11 is 0. The third kappa shape index (κ3) is 4.00. The maximum atomic E-state index is 13.2. The molecule has 1 aliphatic heterocycles. The molecule has 0 unspecified atom stereocenters. The molecule has 0 aliphatic carbocycles. The van der Waals surface area contributed by atoms with Gasteiger partial charge in [0.15, 0.2) is 5.71 Å². The number of alkyl halides is 3. The van der Waals surface area contributed by atoms with Crippen LogP contribution >= 0.6 is 0 Å². The average molecular weight is 362 g/mol. The average Bonchev–Trinajstić information content (AvgIpc) is 2.66. The molecular formula is C17H13F3N4O2. The molecule has 0 saturated carbocycles. The van der Waals surface area contributed by atoms with E-state index in [9.17, 15) is 18.0 Å². The van der Waals surface area contributed by atoms with Gasteiger partial charge in [0.25, 0.3) is 0 Å². The number of hydrogen-bond acceptors (Lipinski definition) is 5. The minimum Gasteiger partial charge on any atom is -0.442 e. The number of benzene rings is 2. The van der Waals surface area contributed by atoms with Gasteiger partial charge in [-0.25, -0.2) is 4.79 Å². The first-order valence-corrected chi connectivity index (χ1v) is 7.51. The standard InChI is InChI=1S/C17H13F3N4O2/c18-17(19,20)15-14(13-9-5-2-6-10-13)22-24(23-21-15)16(25)26-11-12-7-3-1-4-8-12/h1-10,23H,11H2. The number of nitrogens with one attached hydrogen (secondary N) is 1. The van der Waals surface area contributed by atoms with E-state index in [1.165, 1.54) is 12.1 Å². The molecule has 134 valence electrons. The Bertz CT molecular complexity index is 836. The fourth-order valence-corrected chi connectivity index (χ4v) is 2.17. The van der Waals surface area contributed by atoms with Crippen LogP contribution in [-0.4, -0.2) is 28.8 Å². The second-order valence-corrected chi connectivity index (χ2v) is 5.22. The predicted octanol–water partition coefficient (Wildman–Crippen LogP) is 3.47. The Morgan fingerprint density at radius 3 is 2.27 bits per heavy atom. The smallest absolute Gasteiger partial charge is 0.442 e. The van der Waals surface area contributed by atoms with E-state index in [2.05, 4.69) is 10.2 Å². The topological polar surface area (TPSA) is 66.3 Å². The second-order valence-electron chi connectivity index (χ2n) is 5.22. The van der Waals surface area contributed by atoms with Gasteiger partial charge in [-0.05, 0) is 5.56 Å². The monoisotopic (exact) mass is 362 g/mol. The van der Waals surface area contributed by atoms with Crippen LogP contribution < -0.4 is 5.53 Å². The number of ether oxygens (including phenoxy) is 1. The third-order valence-corrected chi connectivity index (χ3v) is 3.37. The van der Waals surface area contributed by atoms with Gasteiger partial charge in [-0.3, -0.25) is 0 Å². The molecule has 6 nitrogen and oxygen atoms in total. The number of carbonyl (C=O) groups excluding carboxylic acids is 1. The maximum Gasteiger partial charge on any atom is 0.452 e. The fourth-order valence-electron chi connectivity index (χ4n) is 2.17. The summed E-state index contributed by atoms with van der Waals surface area (Å²) in [6.45, 7) is -0.0517. The van der Waals surface area contributed by atoms with Crippen molar-refractivity contribution in [2.75, 3.05) is 0 Å². The van der Waals surface area contributed by atoms with Crippen molar-refractivity contribution in [3.05, 3.63) is 71.8 Å². The highest BCUT2D eigenvalue weighted by atomic mass is 19.4. The van der Waals surface area contributed by atoms with Gasteiger partial charge in [-0.15, -0.1) is 5.10 Å². The van der Waals surface area contributed by atoms with Crippen molar-refractivity contribution in [3.63, 3.8) is 0 Å². The zero-order valence-electron chi connectivity index (χ0n) is 13.3. The quantitative estimate of drug-likeness (QED) is 0.909. The predicted molar refractivity (Wildman–Crippen MR) is 88.1 cm³/mol. The zero-order valence-corrected chi connectivity index (χ0v) is 13.3. The highest BCUT2D eigenvalue weighted by molar-refractivity contribution is 6.50. The van der Waals surface area contributed by atoms with Gasteiger partial charge in [0.05, 0.1) is 0 Å². The lowest BCUT2D eigenvalue weighted by atomic mass is 10.1. The van der Waals surface area contributed by atoms with E-state index < -0.39 is 23.7 Å². The number of amides is 1. The summed E-state index contributed by atoms with van der Waals surface area (Å²) in [6.07, 6.45) is -5.71. The zero-order chi connectivity index (χ0) is 18.6. The molecule has 26 heavy (non-hydrogen) atoms. The molecule has 0 bridgehead atoms. The van der Waals surface area contributed by atoms with Crippen LogP contribution in [-0.2, 0) is 11.3 Å². The minimum atomic E-state index is -4.73. The lowest BCUT2D eigenvalue weighted by Crippen LogP contribution is -2.46. The first-order valence-electron chi connectivity index (χ1n) is 7.51. The number of halogens is 3. The Morgan fingerprint density at radius 2 is 1.65 bits per heavy atom. The van der Waals surface area contributed by atoms with Gasteiger partial charge >= 0.3 is 12.3 Å². The van der Waals surface area contributed by atoms with Crippen molar-refractivity contribution in [2.45, 2.75) is 12.8 Å². The number of hydrazone groups is 2. The highest BCUT2D eigenvalue weighted by Crippen LogP contribution is 2.23. The fraction of sp³-hybridized carbons (Fsp3) is 0.118. The third-order valence-electron chi connectivity index (χ3n) is 3.37. The highest BCUT2D eigenvalue weighted by Gasteiger charge is 2.42. The Hall–Kier alpha value is -3.36. The van der Waals surface area contributed by atoms with Crippen molar-refractivity contribution in [1.29, 1.82) is 0 Å². The van der Waals surface area contributed by atoms with Crippen molar-refractivity contribution in [3.8, 4) is 0 Å². The number of carbonyl (C=O) groups is 1. The number of hydrazine groups is 1. The SMILES string of the molecule is O=C(OCc1ccccc1)N1N=C(c2ccccc2)C(C(F)(F)F)=NN1. The van der Waals surface area contributed by atoms with E-state index in [4.69, 9.17) is 4.74 Å². The molecule has 1 N–H and O–H groups in total. The normalized spacial score (nSPS) is 14.2. The second kappa shape index (κ2) is 7.26. The number of nitrogens with zero attached hydrogens (tertiary/aromatic N) is 3. The van der Waals surface area contributed by atoms with Crippen LogP contribution in [0.3, 0.4) is 0 Å². The summed E-state index contributed by atoms with van der Waals surface area (Å²) in [5, 5.41) is 7.51. The Morgan fingerprint density at radius 1 is 1.04 bits per heavy atom. The van der Waals surface area contributed by atoms with Crippen LogP contribution in [0.25, 0.3) is 0 Å². The molecule has 1 amide bonds. The molecule has 1 aliphatic rings. The van der Waals surface area contributed by atoms with Gasteiger partial charge in [-0.1, -0.05) is 65.8 Å². The first-order chi connectivity index (χ1) is 12.4.